The predicted octanol–water partition coefficient (Wildman–Crippen LogP) is 8.27. The zero-order valence-corrected chi connectivity index (χ0v) is 19.5. The number of unbranched alkanes of at least 4 members (excludes halogenated alkanes) is 8. The highest BCUT2D eigenvalue weighted by Crippen LogP contribution is 2.24. The summed E-state index contributed by atoms with van der Waals surface area (Å²) in [6, 6.07) is 6.37. The van der Waals surface area contributed by atoms with Crippen molar-refractivity contribution in [2.24, 2.45) is 4.99 Å². The molecule has 3 nitrogen and oxygen atoms in total. The zero-order valence-electron chi connectivity index (χ0n) is 18.7. The van der Waals surface area contributed by atoms with Gasteiger partial charge in [0, 0.05) is 17.6 Å². The van der Waals surface area contributed by atoms with Crippen LogP contribution in [0.1, 0.15) is 89.3 Å². The minimum absolute atomic E-state index is 0. The van der Waals surface area contributed by atoms with Crippen molar-refractivity contribution in [3.8, 4) is 11.4 Å². The fourth-order valence-corrected chi connectivity index (χ4v) is 3.98. The van der Waals surface area contributed by atoms with Gasteiger partial charge in [-0.25, -0.2) is 0 Å². The van der Waals surface area contributed by atoms with Crippen LogP contribution in [0.2, 0.25) is 0 Å². The van der Waals surface area contributed by atoms with Gasteiger partial charge < -0.3 is 9.97 Å². The second kappa shape index (κ2) is 13.3. The van der Waals surface area contributed by atoms with Crippen LogP contribution in [0.3, 0.4) is 0 Å². The molecule has 0 radical (unpaired) electrons. The minimum Gasteiger partial charge on any atom is -0.360 e. The number of hydrogen-bond donors (Lipinski definition) is 2. The monoisotopic (exact) mass is 427 g/mol. The zero-order chi connectivity index (χ0) is 20.3. The second-order valence-corrected chi connectivity index (χ2v) is 8.14. The molecule has 1 aliphatic heterocycles. The average molecular weight is 428 g/mol. The molecule has 164 valence electrons. The number of aromatic nitrogens is 2. The van der Waals surface area contributed by atoms with Crippen LogP contribution in [0.4, 0.5) is 0 Å². The van der Waals surface area contributed by atoms with Crippen molar-refractivity contribution >= 4 is 24.2 Å². The lowest BCUT2D eigenvalue weighted by Gasteiger charge is -2.01. The third-order valence-corrected chi connectivity index (χ3v) is 5.75. The summed E-state index contributed by atoms with van der Waals surface area (Å²) in [4.78, 5) is 11.7. The Labute approximate surface area is 188 Å². The van der Waals surface area contributed by atoms with E-state index in [1.165, 1.54) is 74.8 Å². The summed E-state index contributed by atoms with van der Waals surface area (Å²) in [7, 11) is 0. The van der Waals surface area contributed by atoms with E-state index in [4.69, 9.17) is 4.99 Å². The average Bonchev–Trinajstić information content (AvgIpc) is 3.48. The fraction of sp³-hybridized carbons (Fsp3) is 0.500. The van der Waals surface area contributed by atoms with Gasteiger partial charge in [0.25, 0.3) is 0 Å². The van der Waals surface area contributed by atoms with Crippen molar-refractivity contribution in [2.75, 3.05) is 0 Å². The van der Waals surface area contributed by atoms with Crippen molar-refractivity contribution in [1.29, 1.82) is 0 Å². The van der Waals surface area contributed by atoms with E-state index in [-0.39, 0.29) is 12.4 Å². The fourth-order valence-electron chi connectivity index (χ4n) is 3.98. The minimum atomic E-state index is 0. The van der Waals surface area contributed by atoms with Crippen molar-refractivity contribution in [3.05, 3.63) is 53.5 Å². The van der Waals surface area contributed by atoms with Crippen LogP contribution in [0.15, 0.2) is 47.2 Å². The van der Waals surface area contributed by atoms with E-state index in [9.17, 15) is 0 Å². The summed E-state index contributed by atoms with van der Waals surface area (Å²) < 4.78 is 0. The molecule has 1 aliphatic rings. The summed E-state index contributed by atoms with van der Waals surface area (Å²) in [6.07, 6.45) is 22.9. The standard InChI is InChI=1S/C26H37N3.ClH/c1-3-5-6-7-8-9-10-11-12-14-22-16-17-23(28-22)20-25-21(4-2)19-26(29-25)24-15-13-18-27-24;/h13,15-20,27,29H,3-12,14H2,1-2H3;1H. The molecule has 0 saturated heterocycles. The van der Waals surface area contributed by atoms with Crippen LogP contribution in [0.25, 0.3) is 17.5 Å². The van der Waals surface area contributed by atoms with Crippen LogP contribution in [0, 0.1) is 0 Å². The maximum Gasteiger partial charge on any atom is 0.0654 e. The molecule has 0 aliphatic carbocycles. The van der Waals surface area contributed by atoms with Gasteiger partial charge in [0.05, 0.1) is 17.1 Å². The van der Waals surface area contributed by atoms with E-state index in [0.29, 0.717) is 0 Å². The van der Waals surface area contributed by atoms with E-state index >= 15 is 0 Å². The van der Waals surface area contributed by atoms with E-state index in [1.54, 1.807) is 0 Å². The highest BCUT2D eigenvalue weighted by atomic mass is 35.5. The number of allylic oxidation sites excluding steroid dienone is 2. The molecule has 3 rings (SSSR count). The molecule has 2 N–H and O–H groups in total. The third kappa shape index (κ3) is 7.36. The van der Waals surface area contributed by atoms with Gasteiger partial charge in [-0.1, -0.05) is 65.2 Å². The maximum absolute atomic E-state index is 4.84. The summed E-state index contributed by atoms with van der Waals surface area (Å²) >= 11 is 0. The number of nitrogens with zero attached hydrogens (tertiary/aromatic N) is 1. The lowest BCUT2D eigenvalue weighted by molar-refractivity contribution is 0.568. The topological polar surface area (TPSA) is 43.9 Å². The molecule has 0 saturated carbocycles. The van der Waals surface area contributed by atoms with E-state index in [2.05, 4.69) is 54.2 Å². The van der Waals surface area contributed by atoms with Gasteiger partial charge in [-0.05, 0) is 61.3 Å². The number of aliphatic imine (C=N–C) groups is 1. The summed E-state index contributed by atoms with van der Waals surface area (Å²) in [5.41, 5.74) is 7.06. The largest absolute Gasteiger partial charge is 0.360 e. The van der Waals surface area contributed by atoms with Gasteiger partial charge in [0.15, 0.2) is 0 Å². The first-order chi connectivity index (χ1) is 14.3. The van der Waals surface area contributed by atoms with Gasteiger partial charge in [-0.2, -0.15) is 0 Å². The number of halogens is 1. The Morgan fingerprint density at radius 2 is 1.63 bits per heavy atom. The van der Waals surface area contributed by atoms with Crippen LogP contribution < -0.4 is 0 Å². The number of nitrogens with one attached hydrogen (secondary N) is 2. The lowest BCUT2D eigenvalue weighted by atomic mass is 10.1. The van der Waals surface area contributed by atoms with Crippen molar-refractivity contribution in [3.63, 3.8) is 0 Å². The molecule has 3 heterocycles. The van der Waals surface area contributed by atoms with Gasteiger partial charge >= 0.3 is 0 Å². The first-order valence-corrected chi connectivity index (χ1v) is 11.6. The molecule has 2 aromatic rings. The van der Waals surface area contributed by atoms with Crippen molar-refractivity contribution in [2.45, 2.75) is 84.5 Å². The highest BCUT2D eigenvalue weighted by molar-refractivity contribution is 5.99. The van der Waals surface area contributed by atoms with Gasteiger partial charge in [0.2, 0.25) is 0 Å². The maximum atomic E-state index is 4.84. The van der Waals surface area contributed by atoms with Gasteiger partial charge in [-0.15, -0.1) is 12.4 Å². The van der Waals surface area contributed by atoms with E-state index in [0.717, 1.165) is 29.9 Å². The van der Waals surface area contributed by atoms with E-state index in [1.807, 2.05) is 12.3 Å². The SMILES string of the molecule is CCCCCCCCCCCC1=NC(=Cc2[nH]c(-c3ccc[nH]3)cc2CC)C=C1.Cl. The Bertz CT molecular complexity index is 825. The molecule has 30 heavy (non-hydrogen) atoms. The van der Waals surface area contributed by atoms with Gasteiger partial charge in [-0.3, -0.25) is 4.99 Å². The number of rotatable bonds is 13. The molecule has 0 aromatic carbocycles. The van der Waals surface area contributed by atoms with Crippen molar-refractivity contribution in [1.82, 2.24) is 9.97 Å². The van der Waals surface area contributed by atoms with Crippen molar-refractivity contribution < 1.29 is 0 Å². The Kier molecular flexibility index (Phi) is 10.8. The van der Waals surface area contributed by atoms with Crippen LogP contribution in [-0.2, 0) is 6.42 Å². The Morgan fingerprint density at radius 1 is 0.900 bits per heavy atom. The van der Waals surface area contributed by atoms with Crippen LogP contribution in [-0.4, -0.2) is 15.7 Å². The van der Waals surface area contributed by atoms with Gasteiger partial charge in [0.1, 0.15) is 0 Å². The number of hydrogen-bond acceptors (Lipinski definition) is 1. The molecular formula is C26H38ClN3. The lowest BCUT2D eigenvalue weighted by Crippen LogP contribution is -1.90. The summed E-state index contributed by atoms with van der Waals surface area (Å²) in [5.74, 6) is 0. The Hall–Kier alpha value is -2.00. The van der Waals surface area contributed by atoms with E-state index < -0.39 is 0 Å². The molecular weight excluding hydrogens is 390 g/mol. The molecule has 0 bridgehead atoms. The number of H-pyrrole nitrogens is 2. The molecule has 0 unspecified atom stereocenters. The number of aromatic amines is 2. The normalized spacial score (nSPS) is 14.3. The first-order valence-electron chi connectivity index (χ1n) is 11.6. The third-order valence-electron chi connectivity index (χ3n) is 5.75. The molecule has 0 amide bonds. The quantitative estimate of drug-likeness (QED) is 0.302. The smallest absolute Gasteiger partial charge is 0.0654 e. The van der Waals surface area contributed by atoms with Crippen LogP contribution >= 0.6 is 12.4 Å². The predicted molar refractivity (Wildman–Crippen MR) is 134 cm³/mol. The second-order valence-electron chi connectivity index (χ2n) is 8.14. The molecule has 2 aromatic heterocycles. The molecule has 0 atom stereocenters. The molecule has 0 spiro atoms. The molecule has 0 fully saturated rings. The highest BCUT2D eigenvalue weighted by Gasteiger charge is 2.10. The van der Waals surface area contributed by atoms with Crippen LogP contribution in [0.5, 0.6) is 0 Å². The Morgan fingerprint density at radius 3 is 2.30 bits per heavy atom. The molecule has 4 heteroatoms. The summed E-state index contributed by atoms with van der Waals surface area (Å²) in [5, 5.41) is 0. The number of aryl methyl sites for hydroxylation is 1. The Balaban J connectivity index is 0.00000320. The summed E-state index contributed by atoms with van der Waals surface area (Å²) in [6.45, 7) is 4.48. The first kappa shape index (κ1) is 24.3.